The minimum Gasteiger partial charge on any atom is -0.384 e. The number of fused-ring (bicyclic) bond motifs is 1. The summed E-state index contributed by atoms with van der Waals surface area (Å²) in [5.41, 5.74) is 5.65. The number of nitrogens with one attached hydrogen (secondary N) is 2. The molecule has 0 saturated carbocycles. The van der Waals surface area contributed by atoms with Crippen LogP contribution in [0.4, 0.5) is 17.1 Å². The standard InChI is InChI=1S/C16H17N3O2/c1-11-5-6-14(19(20)21)9-15(11)18-10-13-4-2-3-12-7-8-17-16(12)13/h2-6,9,17-18H,7-8,10H2,1H3. The van der Waals surface area contributed by atoms with E-state index in [9.17, 15) is 10.1 Å². The van der Waals surface area contributed by atoms with Crippen LogP contribution in [0.15, 0.2) is 36.4 Å². The van der Waals surface area contributed by atoms with Crippen molar-refractivity contribution < 1.29 is 4.92 Å². The normalized spacial score (nSPS) is 12.6. The lowest BCUT2D eigenvalue weighted by Gasteiger charge is -2.12. The highest BCUT2D eigenvalue weighted by Gasteiger charge is 2.14. The fourth-order valence-corrected chi connectivity index (χ4v) is 2.66. The zero-order valence-corrected chi connectivity index (χ0v) is 11.8. The number of nitro groups is 1. The Hall–Kier alpha value is -2.56. The molecule has 1 aliphatic heterocycles. The van der Waals surface area contributed by atoms with Gasteiger partial charge in [0.25, 0.3) is 5.69 Å². The summed E-state index contributed by atoms with van der Waals surface area (Å²) < 4.78 is 0. The molecule has 2 N–H and O–H groups in total. The van der Waals surface area contributed by atoms with Crippen molar-refractivity contribution in [3.63, 3.8) is 0 Å². The van der Waals surface area contributed by atoms with E-state index in [0.29, 0.717) is 6.54 Å². The zero-order chi connectivity index (χ0) is 14.8. The van der Waals surface area contributed by atoms with Crippen LogP contribution < -0.4 is 10.6 Å². The molecule has 5 heteroatoms. The van der Waals surface area contributed by atoms with Crippen molar-refractivity contribution in [3.05, 3.63) is 63.2 Å². The largest absolute Gasteiger partial charge is 0.384 e. The van der Waals surface area contributed by atoms with Gasteiger partial charge in [-0.25, -0.2) is 0 Å². The number of nitro benzene ring substituents is 1. The van der Waals surface area contributed by atoms with E-state index in [1.807, 2.05) is 6.92 Å². The monoisotopic (exact) mass is 283 g/mol. The first-order valence-corrected chi connectivity index (χ1v) is 6.99. The molecule has 1 heterocycles. The maximum absolute atomic E-state index is 10.9. The van der Waals surface area contributed by atoms with E-state index in [-0.39, 0.29) is 10.6 Å². The van der Waals surface area contributed by atoms with E-state index in [1.54, 1.807) is 12.1 Å². The van der Waals surface area contributed by atoms with Gasteiger partial charge in [-0.05, 0) is 30.0 Å². The fourth-order valence-electron chi connectivity index (χ4n) is 2.66. The molecule has 0 bridgehead atoms. The van der Waals surface area contributed by atoms with Gasteiger partial charge in [0.1, 0.15) is 0 Å². The first-order chi connectivity index (χ1) is 10.1. The molecular formula is C16H17N3O2. The summed E-state index contributed by atoms with van der Waals surface area (Å²) >= 11 is 0. The van der Waals surface area contributed by atoms with Gasteiger partial charge in [0.2, 0.25) is 0 Å². The Kier molecular flexibility index (Phi) is 3.48. The Labute approximate surface area is 123 Å². The molecule has 2 aromatic carbocycles. The number of hydrogen-bond acceptors (Lipinski definition) is 4. The second-order valence-corrected chi connectivity index (χ2v) is 5.24. The lowest BCUT2D eigenvalue weighted by Crippen LogP contribution is -2.04. The molecule has 1 aliphatic rings. The molecule has 0 amide bonds. The molecule has 5 nitrogen and oxygen atoms in total. The summed E-state index contributed by atoms with van der Waals surface area (Å²) in [6, 6.07) is 11.2. The van der Waals surface area contributed by atoms with Crippen LogP contribution in [0.3, 0.4) is 0 Å². The number of hydrogen-bond donors (Lipinski definition) is 2. The molecule has 2 aromatic rings. The van der Waals surface area contributed by atoms with E-state index in [2.05, 4.69) is 28.8 Å². The lowest BCUT2D eigenvalue weighted by molar-refractivity contribution is -0.384. The van der Waals surface area contributed by atoms with Gasteiger partial charge < -0.3 is 10.6 Å². The van der Waals surface area contributed by atoms with Crippen molar-refractivity contribution in [2.45, 2.75) is 19.9 Å². The van der Waals surface area contributed by atoms with Gasteiger partial charge in [0.05, 0.1) is 4.92 Å². The SMILES string of the molecule is Cc1ccc([N+](=O)[O-])cc1NCc1cccc2c1NCC2. The highest BCUT2D eigenvalue weighted by molar-refractivity contribution is 5.63. The summed E-state index contributed by atoms with van der Waals surface area (Å²) in [7, 11) is 0. The molecule has 3 rings (SSSR count). The molecule has 0 aromatic heterocycles. The quantitative estimate of drug-likeness (QED) is 0.666. The third kappa shape index (κ3) is 2.67. The summed E-state index contributed by atoms with van der Waals surface area (Å²) in [6.07, 6.45) is 1.05. The van der Waals surface area contributed by atoms with Crippen LogP contribution in [0, 0.1) is 17.0 Å². The van der Waals surface area contributed by atoms with E-state index in [0.717, 1.165) is 24.2 Å². The number of benzene rings is 2. The maximum atomic E-state index is 10.9. The smallest absolute Gasteiger partial charge is 0.271 e. The maximum Gasteiger partial charge on any atom is 0.271 e. The Morgan fingerprint density at radius 3 is 3.00 bits per heavy atom. The third-order valence-corrected chi connectivity index (χ3v) is 3.83. The van der Waals surface area contributed by atoms with Crippen molar-refractivity contribution >= 4 is 17.1 Å². The molecule has 0 atom stereocenters. The summed E-state index contributed by atoms with van der Waals surface area (Å²) in [5, 5.41) is 17.6. The molecular weight excluding hydrogens is 266 g/mol. The Morgan fingerprint density at radius 2 is 2.19 bits per heavy atom. The van der Waals surface area contributed by atoms with Gasteiger partial charge in [-0.2, -0.15) is 0 Å². The van der Waals surface area contributed by atoms with Gasteiger partial charge in [0.15, 0.2) is 0 Å². The van der Waals surface area contributed by atoms with Crippen molar-refractivity contribution in [1.29, 1.82) is 0 Å². The van der Waals surface area contributed by atoms with Gasteiger partial charge >= 0.3 is 0 Å². The predicted molar refractivity (Wildman–Crippen MR) is 83.8 cm³/mol. The number of non-ortho nitro benzene ring substituents is 1. The van der Waals surface area contributed by atoms with Crippen LogP contribution in [0.25, 0.3) is 0 Å². The minimum atomic E-state index is -0.369. The molecule has 108 valence electrons. The summed E-state index contributed by atoms with van der Waals surface area (Å²) in [6.45, 7) is 3.57. The number of aryl methyl sites for hydroxylation is 1. The first kappa shape index (κ1) is 13.4. The molecule has 0 fully saturated rings. The van der Waals surface area contributed by atoms with Crippen LogP contribution in [-0.2, 0) is 13.0 Å². The van der Waals surface area contributed by atoms with Gasteiger partial charge in [-0.1, -0.05) is 24.3 Å². The Morgan fingerprint density at radius 1 is 1.33 bits per heavy atom. The second kappa shape index (κ2) is 5.44. The number of para-hydroxylation sites is 1. The van der Waals surface area contributed by atoms with E-state index in [4.69, 9.17) is 0 Å². The molecule has 0 unspecified atom stereocenters. The highest BCUT2D eigenvalue weighted by atomic mass is 16.6. The van der Waals surface area contributed by atoms with Gasteiger partial charge in [-0.3, -0.25) is 10.1 Å². The van der Waals surface area contributed by atoms with E-state index < -0.39 is 0 Å². The number of rotatable bonds is 4. The van der Waals surface area contributed by atoms with Crippen LogP contribution in [0.2, 0.25) is 0 Å². The minimum absolute atomic E-state index is 0.111. The third-order valence-electron chi connectivity index (χ3n) is 3.83. The van der Waals surface area contributed by atoms with Gasteiger partial charge in [0, 0.05) is 36.6 Å². The fraction of sp³-hybridized carbons (Fsp3) is 0.250. The van der Waals surface area contributed by atoms with Crippen LogP contribution in [-0.4, -0.2) is 11.5 Å². The van der Waals surface area contributed by atoms with E-state index in [1.165, 1.54) is 22.9 Å². The average molecular weight is 283 g/mol. The predicted octanol–water partition coefficient (Wildman–Crippen LogP) is 3.48. The van der Waals surface area contributed by atoms with E-state index >= 15 is 0 Å². The lowest BCUT2D eigenvalue weighted by atomic mass is 10.1. The zero-order valence-electron chi connectivity index (χ0n) is 11.8. The highest BCUT2D eigenvalue weighted by Crippen LogP contribution is 2.28. The molecule has 0 aliphatic carbocycles. The van der Waals surface area contributed by atoms with Gasteiger partial charge in [-0.15, -0.1) is 0 Å². The van der Waals surface area contributed by atoms with Crippen molar-refractivity contribution in [2.75, 3.05) is 17.2 Å². The van der Waals surface area contributed by atoms with Crippen LogP contribution in [0.1, 0.15) is 16.7 Å². The Bertz CT molecular complexity index is 698. The molecule has 0 spiro atoms. The van der Waals surface area contributed by atoms with Crippen molar-refractivity contribution in [1.82, 2.24) is 0 Å². The first-order valence-electron chi connectivity index (χ1n) is 6.99. The van der Waals surface area contributed by atoms with Crippen molar-refractivity contribution in [3.8, 4) is 0 Å². The number of nitrogens with zero attached hydrogens (tertiary/aromatic N) is 1. The molecule has 0 radical (unpaired) electrons. The van der Waals surface area contributed by atoms with Crippen LogP contribution in [0.5, 0.6) is 0 Å². The number of anilines is 2. The topological polar surface area (TPSA) is 67.2 Å². The average Bonchev–Trinajstić information content (AvgIpc) is 2.95. The van der Waals surface area contributed by atoms with Crippen molar-refractivity contribution in [2.24, 2.45) is 0 Å². The molecule has 21 heavy (non-hydrogen) atoms. The Balaban J connectivity index is 1.81. The summed E-state index contributed by atoms with van der Waals surface area (Å²) in [4.78, 5) is 10.5. The van der Waals surface area contributed by atoms with Crippen LogP contribution >= 0.6 is 0 Å². The second-order valence-electron chi connectivity index (χ2n) is 5.24. The summed E-state index contributed by atoms with van der Waals surface area (Å²) in [5.74, 6) is 0. The molecule has 0 saturated heterocycles.